The van der Waals surface area contributed by atoms with E-state index in [9.17, 15) is 4.79 Å². The zero-order chi connectivity index (χ0) is 19.3. The predicted molar refractivity (Wildman–Crippen MR) is 121 cm³/mol. The zero-order valence-corrected chi connectivity index (χ0v) is 17.5. The molecule has 2 aromatic carbocycles. The Morgan fingerprint density at radius 1 is 1.00 bits per heavy atom. The maximum Gasteiger partial charge on any atom is 0.220 e. The summed E-state index contributed by atoms with van der Waals surface area (Å²) in [4.78, 5) is 12.5. The summed E-state index contributed by atoms with van der Waals surface area (Å²) in [6.07, 6.45) is 7.54. The molecule has 0 spiro atoms. The molecule has 1 heterocycles. The van der Waals surface area contributed by atoms with E-state index in [4.69, 9.17) is 5.73 Å². The first-order valence-corrected chi connectivity index (χ1v) is 10.3. The Kier molecular flexibility index (Phi) is 7.34. The molecule has 1 fully saturated rings. The number of carbonyl (C=O) groups excluding carboxylic acids is 1. The van der Waals surface area contributed by atoms with E-state index in [1.165, 1.54) is 22.0 Å². The highest BCUT2D eigenvalue weighted by Gasteiger charge is 2.20. The van der Waals surface area contributed by atoms with Gasteiger partial charge in [0.05, 0.1) is 0 Å². The molecule has 1 aliphatic rings. The average Bonchev–Trinajstić information content (AvgIpc) is 3.07. The predicted octanol–water partition coefficient (Wildman–Crippen LogP) is 4.43. The van der Waals surface area contributed by atoms with E-state index in [2.05, 4.69) is 64.6 Å². The quantitative estimate of drug-likeness (QED) is 0.630. The van der Waals surface area contributed by atoms with E-state index in [1.54, 1.807) is 0 Å². The fourth-order valence-electron chi connectivity index (χ4n) is 4.24. The van der Waals surface area contributed by atoms with Gasteiger partial charge >= 0.3 is 0 Å². The van der Waals surface area contributed by atoms with Gasteiger partial charge in [0.1, 0.15) is 0 Å². The molecule has 0 unspecified atom stereocenters. The van der Waals surface area contributed by atoms with Crippen LogP contribution in [0.5, 0.6) is 0 Å². The SMILES string of the molecule is Cl.NC1CCC(NC(=O)CCc2cn(Cc3ccccc3)c3ccccc23)CC1. The summed E-state index contributed by atoms with van der Waals surface area (Å²) in [5.41, 5.74) is 9.71. The van der Waals surface area contributed by atoms with Crippen molar-refractivity contribution < 1.29 is 4.79 Å². The Hall–Kier alpha value is -2.30. The first-order valence-electron chi connectivity index (χ1n) is 10.3. The molecular weight excluding hydrogens is 382 g/mol. The van der Waals surface area contributed by atoms with Crippen LogP contribution in [0.1, 0.15) is 43.2 Å². The van der Waals surface area contributed by atoms with Crippen molar-refractivity contribution in [3.8, 4) is 0 Å². The molecule has 0 aliphatic heterocycles. The number of benzene rings is 2. The van der Waals surface area contributed by atoms with Gasteiger partial charge in [-0.05, 0) is 49.3 Å². The summed E-state index contributed by atoms with van der Waals surface area (Å²) in [5, 5.41) is 4.45. The third-order valence-electron chi connectivity index (χ3n) is 5.83. The van der Waals surface area contributed by atoms with Gasteiger partial charge in [-0.2, -0.15) is 0 Å². The van der Waals surface area contributed by atoms with Crippen LogP contribution in [0.2, 0.25) is 0 Å². The largest absolute Gasteiger partial charge is 0.353 e. The number of carbonyl (C=O) groups is 1. The number of aryl methyl sites for hydroxylation is 1. The normalized spacial score (nSPS) is 18.9. The van der Waals surface area contributed by atoms with Crippen LogP contribution < -0.4 is 11.1 Å². The Balaban J connectivity index is 0.00000240. The first-order chi connectivity index (χ1) is 13.7. The Morgan fingerprint density at radius 2 is 1.69 bits per heavy atom. The number of para-hydroxylation sites is 1. The molecule has 0 saturated heterocycles. The van der Waals surface area contributed by atoms with Crippen molar-refractivity contribution in [1.29, 1.82) is 0 Å². The van der Waals surface area contributed by atoms with Crippen LogP contribution >= 0.6 is 12.4 Å². The lowest BCUT2D eigenvalue weighted by Crippen LogP contribution is -2.40. The van der Waals surface area contributed by atoms with E-state index in [1.807, 2.05) is 6.07 Å². The summed E-state index contributed by atoms with van der Waals surface area (Å²) in [7, 11) is 0. The fraction of sp³-hybridized carbons (Fsp3) is 0.375. The third-order valence-corrected chi connectivity index (χ3v) is 5.83. The minimum Gasteiger partial charge on any atom is -0.353 e. The number of nitrogens with one attached hydrogen (secondary N) is 1. The number of hydrogen-bond donors (Lipinski definition) is 2. The molecular formula is C24H30ClN3O. The minimum atomic E-state index is 0. The summed E-state index contributed by atoms with van der Waals surface area (Å²) in [5.74, 6) is 0.153. The van der Waals surface area contributed by atoms with Crippen LogP contribution in [-0.4, -0.2) is 22.6 Å². The summed E-state index contributed by atoms with van der Waals surface area (Å²) in [6, 6.07) is 19.6. The van der Waals surface area contributed by atoms with Crippen LogP contribution in [0.25, 0.3) is 10.9 Å². The lowest BCUT2D eigenvalue weighted by Gasteiger charge is -2.26. The van der Waals surface area contributed by atoms with Crippen LogP contribution in [0.3, 0.4) is 0 Å². The molecule has 3 aromatic rings. The van der Waals surface area contributed by atoms with Crippen molar-refractivity contribution >= 4 is 29.2 Å². The smallest absolute Gasteiger partial charge is 0.220 e. The molecule has 4 rings (SSSR count). The van der Waals surface area contributed by atoms with Gasteiger partial charge in [0, 0.05) is 42.1 Å². The summed E-state index contributed by atoms with van der Waals surface area (Å²) in [6.45, 7) is 0.843. The topological polar surface area (TPSA) is 60.0 Å². The molecule has 1 amide bonds. The zero-order valence-electron chi connectivity index (χ0n) is 16.7. The second-order valence-electron chi connectivity index (χ2n) is 7.96. The van der Waals surface area contributed by atoms with Crippen molar-refractivity contribution in [2.75, 3.05) is 0 Å². The highest BCUT2D eigenvalue weighted by Crippen LogP contribution is 2.24. The monoisotopic (exact) mass is 411 g/mol. The molecule has 5 heteroatoms. The number of aromatic nitrogens is 1. The molecule has 4 nitrogen and oxygen atoms in total. The molecule has 0 atom stereocenters. The van der Waals surface area contributed by atoms with Crippen molar-refractivity contribution in [2.24, 2.45) is 5.73 Å². The number of rotatable bonds is 6. The number of nitrogens with zero attached hydrogens (tertiary/aromatic N) is 1. The molecule has 154 valence electrons. The van der Waals surface area contributed by atoms with Gasteiger partial charge in [0.2, 0.25) is 5.91 Å². The van der Waals surface area contributed by atoms with E-state index in [-0.39, 0.29) is 18.3 Å². The van der Waals surface area contributed by atoms with Gasteiger partial charge in [0.15, 0.2) is 0 Å². The number of amides is 1. The Morgan fingerprint density at radius 3 is 2.45 bits per heavy atom. The van der Waals surface area contributed by atoms with Gasteiger partial charge in [0.25, 0.3) is 0 Å². The molecule has 1 saturated carbocycles. The highest BCUT2D eigenvalue weighted by atomic mass is 35.5. The van der Waals surface area contributed by atoms with Gasteiger partial charge in [-0.1, -0.05) is 48.5 Å². The van der Waals surface area contributed by atoms with Crippen molar-refractivity contribution in [3.05, 3.63) is 71.9 Å². The maximum atomic E-state index is 12.5. The standard InChI is InChI=1S/C24H29N3O.ClH/c25-20-11-13-21(14-12-20)26-24(28)15-10-19-17-27(16-18-6-2-1-3-7-18)23-9-5-4-8-22(19)23;/h1-9,17,20-21H,10-16,25H2,(H,26,28);1H. The van der Waals surface area contributed by atoms with Gasteiger partial charge in [-0.15, -0.1) is 12.4 Å². The Labute approximate surface area is 178 Å². The van der Waals surface area contributed by atoms with Crippen LogP contribution in [0.15, 0.2) is 60.8 Å². The highest BCUT2D eigenvalue weighted by molar-refractivity contribution is 5.85. The average molecular weight is 412 g/mol. The fourth-order valence-corrected chi connectivity index (χ4v) is 4.24. The second kappa shape index (κ2) is 9.95. The third kappa shape index (κ3) is 5.40. The molecule has 1 aliphatic carbocycles. The molecule has 0 radical (unpaired) electrons. The van der Waals surface area contributed by atoms with Crippen molar-refractivity contribution in [3.63, 3.8) is 0 Å². The maximum absolute atomic E-state index is 12.5. The lowest BCUT2D eigenvalue weighted by molar-refractivity contribution is -0.122. The summed E-state index contributed by atoms with van der Waals surface area (Å²) >= 11 is 0. The van der Waals surface area contributed by atoms with Crippen molar-refractivity contribution in [2.45, 2.75) is 57.2 Å². The number of hydrogen-bond acceptors (Lipinski definition) is 2. The summed E-state index contributed by atoms with van der Waals surface area (Å²) < 4.78 is 2.29. The second-order valence-corrected chi connectivity index (χ2v) is 7.96. The molecule has 1 aromatic heterocycles. The van der Waals surface area contributed by atoms with Crippen LogP contribution in [-0.2, 0) is 17.8 Å². The molecule has 29 heavy (non-hydrogen) atoms. The molecule has 3 N–H and O–H groups in total. The molecule has 0 bridgehead atoms. The minimum absolute atomic E-state index is 0. The van der Waals surface area contributed by atoms with Crippen molar-refractivity contribution in [1.82, 2.24) is 9.88 Å². The Bertz CT molecular complexity index is 930. The van der Waals surface area contributed by atoms with E-state index in [0.29, 0.717) is 18.5 Å². The van der Waals surface area contributed by atoms with E-state index in [0.717, 1.165) is 38.6 Å². The van der Waals surface area contributed by atoms with E-state index < -0.39 is 0 Å². The van der Waals surface area contributed by atoms with Gasteiger partial charge in [-0.3, -0.25) is 4.79 Å². The van der Waals surface area contributed by atoms with Gasteiger partial charge < -0.3 is 15.6 Å². The number of halogens is 1. The first kappa shape index (κ1) is 21.4. The van der Waals surface area contributed by atoms with Gasteiger partial charge in [-0.25, -0.2) is 0 Å². The van der Waals surface area contributed by atoms with E-state index >= 15 is 0 Å². The lowest BCUT2D eigenvalue weighted by atomic mass is 9.91. The van der Waals surface area contributed by atoms with Crippen LogP contribution in [0.4, 0.5) is 0 Å². The number of nitrogens with two attached hydrogens (primary N) is 1. The van der Waals surface area contributed by atoms with Crippen LogP contribution in [0, 0.1) is 0 Å². The number of fused-ring (bicyclic) bond motifs is 1.